The third-order valence-corrected chi connectivity index (χ3v) is 5.95. The van der Waals surface area contributed by atoms with Gasteiger partial charge in [0, 0.05) is 12.0 Å². The molecule has 0 radical (unpaired) electrons. The molecular formula is C22H23N3O4. The van der Waals surface area contributed by atoms with Gasteiger partial charge in [0.25, 0.3) is 0 Å². The topological polar surface area (TPSA) is 103 Å². The van der Waals surface area contributed by atoms with Crippen molar-refractivity contribution >= 4 is 11.9 Å². The van der Waals surface area contributed by atoms with E-state index < -0.39 is 29.8 Å². The number of hydrogen-bond donors (Lipinski definition) is 0. The van der Waals surface area contributed by atoms with E-state index in [-0.39, 0.29) is 11.5 Å². The second-order valence-electron chi connectivity index (χ2n) is 7.26. The molecule has 3 aliphatic heterocycles. The van der Waals surface area contributed by atoms with Crippen LogP contribution in [0.2, 0.25) is 0 Å². The number of hydrogen-bond acceptors (Lipinski definition) is 7. The molecule has 150 valence electrons. The molecule has 0 aliphatic carbocycles. The number of carbonyl (C=O) groups excluding carboxylic acids is 2. The molecule has 2 bridgehead atoms. The highest BCUT2D eigenvalue weighted by Crippen LogP contribution is 2.46. The van der Waals surface area contributed by atoms with Gasteiger partial charge in [-0.1, -0.05) is 30.3 Å². The molecule has 7 nitrogen and oxygen atoms in total. The van der Waals surface area contributed by atoms with E-state index in [0.717, 1.165) is 31.5 Å². The van der Waals surface area contributed by atoms with Gasteiger partial charge in [-0.25, -0.2) is 4.79 Å². The molecule has 4 rings (SSSR count). The lowest BCUT2D eigenvalue weighted by Gasteiger charge is -2.51. The van der Waals surface area contributed by atoms with Gasteiger partial charge >= 0.3 is 11.9 Å². The molecule has 0 saturated carbocycles. The molecule has 3 heterocycles. The van der Waals surface area contributed by atoms with Gasteiger partial charge in [0.05, 0.1) is 20.3 Å². The summed E-state index contributed by atoms with van der Waals surface area (Å²) in [6.07, 6.45) is 1.65. The first-order chi connectivity index (χ1) is 14.1. The van der Waals surface area contributed by atoms with Crippen molar-refractivity contribution in [2.24, 2.45) is 11.8 Å². The van der Waals surface area contributed by atoms with Crippen molar-refractivity contribution < 1.29 is 19.1 Å². The van der Waals surface area contributed by atoms with Crippen LogP contribution in [0.25, 0.3) is 0 Å². The lowest BCUT2D eigenvalue weighted by Crippen LogP contribution is -2.55. The number of ether oxygens (including phenoxy) is 2. The van der Waals surface area contributed by atoms with Gasteiger partial charge in [-0.15, -0.1) is 0 Å². The number of methoxy groups -OCH3 is 2. The average molecular weight is 393 g/mol. The number of rotatable bonds is 5. The Kier molecular flexibility index (Phi) is 6.31. The molecule has 3 aliphatic rings. The number of nitrogens with zero attached hydrogens (tertiary/aromatic N) is 3. The molecule has 3 fully saturated rings. The van der Waals surface area contributed by atoms with Crippen LogP contribution in [0.4, 0.5) is 0 Å². The lowest BCUT2D eigenvalue weighted by atomic mass is 9.67. The molecule has 3 unspecified atom stereocenters. The van der Waals surface area contributed by atoms with E-state index in [1.165, 1.54) is 14.2 Å². The van der Waals surface area contributed by atoms with Crippen molar-refractivity contribution in [1.82, 2.24) is 4.90 Å². The summed E-state index contributed by atoms with van der Waals surface area (Å²) < 4.78 is 9.77. The highest BCUT2D eigenvalue weighted by molar-refractivity contribution is 5.94. The van der Waals surface area contributed by atoms with Crippen molar-refractivity contribution in [2.75, 3.05) is 27.3 Å². The van der Waals surface area contributed by atoms with Crippen LogP contribution in [0.3, 0.4) is 0 Å². The summed E-state index contributed by atoms with van der Waals surface area (Å²) in [7, 11) is 2.51. The largest absolute Gasteiger partial charge is 0.468 e. The maximum atomic E-state index is 12.5. The minimum absolute atomic E-state index is 0.0191. The fourth-order valence-corrected chi connectivity index (χ4v) is 4.67. The van der Waals surface area contributed by atoms with Gasteiger partial charge in [-0.2, -0.15) is 10.5 Å². The fraction of sp³-hybridized carbons (Fsp3) is 0.455. The van der Waals surface area contributed by atoms with Crippen LogP contribution in [0.1, 0.15) is 24.3 Å². The Hall–Kier alpha value is -3.16. The number of benzene rings is 1. The summed E-state index contributed by atoms with van der Waals surface area (Å²) in [5.41, 5.74) is 1.45. The highest BCUT2D eigenvalue weighted by atomic mass is 16.5. The minimum atomic E-state index is -1.07. The Morgan fingerprint density at radius 3 is 2.28 bits per heavy atom. The van der Waals surface area contributed by atoms with Crippen LogP contribution in [-0.4, -0.2) is 50.2 Å². The molecule has 3 atom stereocenters. The van der Waals surface area contributed by atoms with Gasteiger partial charge in [0.15, 0.2) is 5.92 Å². The number of esters is 2. The van der Waals surface area contributed by atoms with E-state index in [1.807, 2.05) is 36.4 Å². The van der Waals surface area contributed by atoms with E-state index in [4.69, 9.17) is 9.47 Å². The van der Waals surface area contributed by atoms with E-state index in [0.29, 0.717) is 5.57 Å². The molecule has 3 saturated heterocycles. The van der Waals surface area contributed by atoms with Crippen molar-refractivity contribution in [3.05, 3.63) is 47.0 Å². The van der Waals surface area contributed by atoms with Crippen LogP contribution in [0.15, 0.2) is 41.5 Å². The average Bonchev–Trinajstić information content (AvgIpc) is 2.78. The van der Waals surface area contributed by atoms with Crippen LogP contribution >= 0.6 is 0 Å². The SMILES string of the molecule is COC(=O)/C(C#N)=C1/C2CCN(CC2)C1C(c1ccccc1)C(C#N)C(=O)OC. The second kappa shape index (κ2) is 8.89. The number of carbonyl (C=O) groups is 2. The quantitative estimate of drug-likeness (QED) is 0.429. The first kappa shape index (κ1) is 20.6. The Morgan fingerprint density at radius 2 is 1.76 bits per heavy atom. The van der Waals surface area contributed by atoms with Gasteiger partial charge < -0.3 is 9.47 Å². The second-order valence-corrected chi connectivity index (χ2v) is 7.26. The summed E-state index contributed by atoms with van der Waals surface area (Å²) in [4.78, 5) is 27.0. The Morgan fingerprint density at radius 1 is 1.10 bits per heavy atom. The van der Waals surface area contributed by atoms with Gasteiger partial charge in [-0.05, 0) is 43.0 Å². The molecule has 7 heteroatoms. The monoisotopic (exact) mass is 393 g/mol. The van der Waals surface area contributed by atoms with Gasteiger partial charge in [-0.3, -0.25) is 9.69 Å². The number of fused-ring (bicyclic) bond motifs is 3. The standard InChI is InChI=1S/C22H23N3O4/c1-28-21(26)16(12-23)18(14-6-4-3-5-7-14)20-19(17(13-24)22(27)29-2)15-8-10-25(20)11-9-15/h3-7,15-16,18,20H,8-11H2,1-2H3/b19-17-. The summed E-state index contributed by atoms with van der Waals surface area (Å²) >= 11 is 0. The van der Waals surface area contributed by atoms with Crippen molar-refractivity contribution in [1.29, 1.82) is 10.5 Å². The highest BCUT2D eigenvalue weighted by Gasteiger charge is 2.48. The van der Waals surface area contributed by atoms with Crippen LogP contribution in [0.5, 0.6) is 0 Å². The molecule has 0 aromatic heterocycles. The van der Waals surface area contributed by atoms with E-state index >= 15 is 0 Å². The maximum absolute atomic E-state index is 12.5. The van der Waals surface area contributed by atoms with E-state index in [9.17, 15) is 20.1 Å². The zero-order valence-corrected chi connectivity index (χ0v) is 16.5. The zero-order chi connectivity index (χ0) is 21.0. The first-order valence-electron chi connectivity index (χ1n) is 9.56. The molecule has 29 heavy (non-hydrogen) atoms. The van der Waals surface area contributed by atoms with Crippen LogP contribution in [-0.2, 0) is 19.1 Å². The number of piperidine rings is 3. The molecule has 1 aromatic rings. The molecule has 0 amide bonds. The number of nitriles is 2. The van der Waals surface area contributed by atoms with E-state index in [1.54, 1.807) is 0 Å². The molecule has 0 spiro atoms. The van der Waals surface area contributed by atoms with Gasteiger partial charge in [0.1, 0.15) is 11.6 Å². The first-order valence-corrected chi connectivity index (χ1v) is 9.56. The van der Waals surface area contributed by atoms with Crippen molar-refractivity contribution in [3.63, 3.8) is 0 Å². The zero-order valence-electron chi connectivity index (χ0n) is 16.5. The predicted octanol–water partition coefficient (Wildman–Crippen LogP) is 2.17. The maximum Gasteiger partial charge on any atom is 0.348 e. The van der Waals surface area contributed by atoms with Crippen LogP contribution in [0, 0.1) is 34.5 Å². The molecule has 0 N–H and O–H groups in total. The Balaban J connectivity index is 2.23. The summed E-state index contributed by atoms with van der Waals surface area (Å²) in [6, 6.07) is 13.0. The summed E-state index contributed by atoms with van der Waals surface area (Å²) in [5.74, 6) is -2.90. The van der Waals surface area contributed by atoms with Crippen molar-refractivity contribution in [3.8, 4) is 12.1 Å². The normalized spacial score (nSPS) is 26.4. The molecule has 1 aromatic carbocycles. The third-order valence-electron chi connectivity index (χ3n) is 5.95. The summed E-state index contributed by atoms with van der Waals surface area (Å²) in [5, 5.41) is 19.6. The Bertz CT molecular complexity index is 889. The minimum Gasteiger partial charge on any atom is -0.468 e. The summed E-state index contributed by atoms with van der Waals surface area (Å²) in [6.45, 7) is 1.56. The predicted molar refractivity (Wildman–Crippen MR) is 103 cm³/mol. The lowest BCUT2D eigenvalue weighted by molar-refractivity contribution is -0.144. The van der Waals surface area contributed by atoms with Crippen molar-refractivity contribution in [2.45, 2.75) is 24.8 Å². The fourth-order valence-electron chi connectivity index (χ4n) is 4.67. The third kappa shape index (κ3) is 3.74. The Labute approximate surface area is 170 Å². The van der Waals surface area contributed by atoms with Gasteiger partial charge in [0.2, 0.25) is 0 Å². The van der Waals surface area contributed by atoms with Crippen LogP contribution < -0.4 is 0 Å². The molecular weight excluding hydrogens is 370 g/mol. The van der Waals surface area contributed by atoms with E-state index in [2.05, 4.69) is 11.0 Å². The smallest absolute Gasteiger partial charge is 0.348 e.